The van der Waals surface area contributed by atoms with Gasteiger partial charge in [-0.15, -0.1) is 0 Å². The van der Waals surface area contributed by atoms with Gasteiger partial charge in [0.1, 0.15) is 11.6 Å². The minimum Gasteiger partial charge on any atom is -0.494 e. The van der Waals surface area contributed by atoms with E-state index < -0.39 is 10.0 Å². The SMILES string of the molecule is CCOc1ccc(S(=O)(=O)N2CC(c3nc4ccccc4[nH]3)C2)cc1. The topological polar surface area (TPSA) is 75.3 Å². The van der Waals surface area contributed by atoms with Crippen molar-refractivity contribution in [2.75, 3.05) is 19.7 Å². The lowest BCUT2D eigenvalue weighted by Crippen LogP contribution is -2.48. The van der Waals surface area contributed by atoms with Crippen LogP contribution >= 0.6 is 0 Å². The minimum atomic E-state index is -3.47. The van der Waals surface area contributed by atoms with Crippen molar-refractivity contribution in [3.05, 3.63) is 54.4 Å². The van der Waals surface area contributed by atoms with E-state index in [0.29, 0.717) is 30.3 Å². The first kappa shape index (κ1) is 16.1. The van der Waals surface area contributed by atoms with Gasteiger partial charge in [-0.2, -0.15) is 4.31 Å². The molecule has 0 unspecified atom stereocenters. The Balaban J connectivity index is 1.48. The first-order valence-electron chi connectivity index (χ1n) is 8.25. The van der Waals surface area contributed by atoms with E-state index >= 15 is 0 Å². The van der Waals surface area contributed by atoms with Crippen LogP contribution in [0.5, 0.6) is 5.75 Å². The number of nitrogens with one attached hydrogen (secondary N) is 1. The maximum absolute atomic E-state index is 12.7. The number of nitrogens with zero attached hydrogens (tertiary/aromatic N) is 2. The lowest BCUT2D eigenvalue weighted by Gasteiger charge is -2.36. The molecule has 1 N–H and O–H groups in total. The first-order chi connectivity index (χ1) is 12.1. The van der Waals surface area contributed by atoms with E-state index in [4.69, 9.17) is 4.74 Å². The Kier molecular flexibility index (Phi) is 3.97. The molecule has 0 aliphatic carbocycles. The highest BCUT2D eigenvalue weighted by molar-refractivity contribution is 7.89. The van der Waals surface area contributed by atoms with Gasteiger partial charge in [-0.05, 0) is 43.3 Å². The number of H-pyrrole nitrogens is 1. The maximum atomic E-state index is 12.7. The number of imidazole rings is 1. The molecule has 6 nitrogen and oxygen atoms in total. The van der Waals surface area contributed by atoms with Crippen LogP contribution < -0.4 is 4.74 Å². The zero-order valence-electron chi connectivity index (χ0n) is 13.8. The maximum Gasteiger partial charge on any atom is 0.243 e. The molecule has 1 fully saturated rings. The van der Waals surface area contributed by atoms with E-state index in [1.54, 1.807) is 24.3 Å². The molecular formula is C18H19N3O3S. The standard InChI is InChI=1S/C18H19N3O3S/c1-2-24-14-7-9-15(10-8-14)25(22,23)21-11-13(12-21)18-19-16-5-3-4-6-17(16)20-18/h3-10,13H,2,11-12H2,1H3,(H,19,20). The van der Waals surface area contributed by atoms with Crippen molar-refractivity contribution >= 4 is 21.1 Å². The molecule has 0 bridgehead atoms. The predicted octanol–water partition coefficient (Wildman–Crippen LogP) is 2.75. The number of ether oxygens (including phenoxy) is 1. The zero-order valence-corrected chi connectivity index (χ0v) is 14.7. The summed E-state index contributed by atoms with van der Waals surface area (Å²) in [6.07, 6.45) is 0. The lowest BCUT2D eigenvalue weighted by atomic mass is 10.0. The number of hydrogen-bond donors (Lipinski definition) is 1. The van der Waals surface area contributed by atoms with Gasteiger partial charge in [0.25, 0.3) is 0 Å². The molecule has 7 heteroatoms. The monoisotopic (exact) mass is 357 g/mol. The van der Waals surface area contributed by atoms with Crippen LogP contribution in [0.4, 0.5) is 0 Å². The second-order valence-corrected chi connectivity index (χ2v) is 8.00. The van der Waals surface area contributed by atoms with Crippen LogP contribution in [0.3, 0.4) is 0 Å². The number of benzene rings is 2. The fourth-order valence-corrected chi connectivity index (χ4v) is 4.53. The van der Waals surface area contributed by atoms with E-state index in [2.05, 4.69) is 9.97 Å². The Morgan fingerprint density at radius 1 is 1.16 bits per heavy atom. The molecule has 1 saturated heterocycles. The molecule has 2 heterocycles. The van der Waals surface area contributed by atoms with Crippen molar-refractivity contribution in [2.24, 2.45) is 0 Å². The Morgan fingerprint density at radius 2 is 1.88 bits per heavy atom. The Bertz CT molecular complexity index is 957. The van der Waals surface area contributed by atoms with Gasteiger partial charge in [0.05, 0.1) is 22.5 Å². The van der Waals surface area contributed by atoms with Crippen LogP contribution in [-0.4, -0.2) is 42.4 Å². The van der Waals surface area contributed by atoms with Crippen molar-refractivity contribution in [1.82, 2.24) is 14.3 Å². The van der Waals surface area contributed by atoms with E-state index in [0.717, 1.165) is 16.9 Å². The van der Waals surface area contributed by atoms with Gasteiger partial charge in [-0.3, -0.25) is 0 Å². The van der Waals surface area contributed by atoms with Crippen molar-refractivity contribution in [3.63, 3.8) is 0 Å². The highest BCUT2D eigenvalue weighted by atomic mass is 32.2. The predicted molar refractivity (Wildman–Crippen MR) is 95.2 cm³/mol. The van der Waals surface area contributed by atoms with E-state index in [1.165, 1.54) is 4.31 Å². The summed E-state index contributed by atoms with van der Waals surface area (Å²) in [6.45, 7) is 3.32. The summed E-state index contributed by atoms with van der Waals surface area (Å²) < 4.78 is 32.2. The third-order valence-corrected chi connectivity index (χ3v) is 6.26. The zero-order chi connectivity index (χ0) is 17.4. The molecule has 0 saturated carbocycles. The second-order valence-electron chi connectivity index (χ2n) is 6.06. The summed E-state index contributed by atoms with van der Waals surface area (Å²) in [5, 5.41) is 0. The smallest absolute Gasteiger partial charge is 0.243 e. The Hall–Kier alpha value is -2.38. The number of hydrogen-bond acceptors (Lipinski definition) is 4. The average molecular weight is 357 g/mol. The number of sulfonamides is 1. The van der Waals surface area contributed by atoms with Crippen LogP contribution in [0.2, 0.25) is 0 Å². The second kappa shape index (κ2) is 6.16. The van der Waals surface area contributed by atoms with Crippen molar-refractivity contribution in [1.29, 1.82) is 0 Å². The summed E-state index contributed by atoms with van der Waals surface area (Å²) in [5.41, 5.74) is 1.88. The quantitative estimate of drug-likeness (QED) is 0.762. The highest BCUT2D eigenvalue weighted by Crippen LogP contribution is 2.32. The Morgan fingerprint density at radius 3 is 2.56 bits per heavy atom. The summed E-state index contributed by atoms with van der Waals surface area (Å²) in [6, 6.07) is 14.4. The summed E-state index contributed by atoms with van der Waals surface area (Å²) >= 11 is 0. The molecule has 1 aromatic heterocycles. The molecular weight excluding hydrogens is 338 g/mol. The van der Waals surface area contributed by atoms with E-state index in [-0.39, 0.29) is 5.92 Å². The van der Waals surface area contributed by atoms with E-state index in [9.17, 15) is 8.42 Å². The minimum absolute atomic E-state index is 0.102. The van der Waals surface area contributed by atoms with Gasteiger partial charge in [0.15, 0.2) is 0 Å². The molecule has 0 spiro atoms. The van der Waals surface area contributed by atoms with Gasteiger partial charge < -0.3 is 9.72 Å². The molecule has 25 heavy (non-hydrogen) atoms. The molecule has 0 atom stereocenters. The highest BCUT2D eigenvalue weighted by Gasteiger charge is 2.38. The third kappa shape index (κ3) is 2.89. The molecule has 4 rings (SSSR count). The molecule has 1 aliphatic heterocycles. The number of aromatic amines is 1. The fourth-order valence-electron chi connectivity index (χ4n) is 3.00. The van der Waals surface area contributed by atoms with E-state index in [1.807, 2.05) is 31.2 Å². The average Bonchev–Trinajstić information content (AvgIpc) is 2.97. The molecule has 0 radical (unpaired) electrons. The summed E-state index contributed by atoms with van der Waals surface area (Å²) in [7, 11) is -3.47. The van der Waals surface area contributed by atoms with Gasteiger partial charge in [-0.25, -0.2) is 13.4 Å². The van der Waals surface area contributed by atoms with Gasteiger partial charge in [-0.1, -0.05) is 12.1 Å². The van der Waals surface area contributed by atoms with Crippen LogP contribution in [0, 0.1) is 0 Å². The molecule has 1 aliphatic rings. The number of rotatable bonds is 5. The molecule has 2 aromatic carbocycles. The van der Waals surface area contributed by atoms with Crippen LogP contribution in [-0.2, 0) is 10.0 Å². The third-order valence-electron chi connectivity index (χ3n) is 4.41. The van der Waals surface area contributed by atoms with Crippen molar-refractivity contribution in [3.8, 4) is 5.75 Å². The van der Waals surface area contributed by atoms with Gasteiger partial charge in [0.2, 0.25) is 10.0 Å². The first-order valence-corrected chi connectivity index (χ1v) is 9.69. The van der Waals surface area contributed by atoms with Gasteiger partial charge in [0, 0.05) is 19.0 Å². The molecule has 130 valence electrons. The number of aromatic nitrogens is 2. The largest absolute Gasteiger partial charge is 0.494 e. The Labute approximate surface area is 146 Å². The summed E-state index contributed by atoms with van der Waals surface area (Å²) in [4.78, 5) is 8.13. The normalized spacial score (nSPS) is 16.0. The van der Waals surface area contributed by atoms with Gasteiger partial charge >= 0.3 is 0 Å². The van der Waals surface area contributed by atoms with Crippen LogP contribution in [0.15, 0.2) is 53.4 Å². The van der Waals surface area contributed by atoms with Crippen molar-refractivity contribution < 1.29 is 13.2 Å². The fraction of sp³-hybridized carbons (Fsp3) is 0.278. The lowest BCUT2D eigenvalue weighted by molar-refractivity contribution is 0.257. The van der Waals surface area contributed by atoms with Crippen molar-refractivity contribution in [2.45, 2.75) is 17.7 Å². The number of para-hydroxylation sites is 2. The molecule has 3 aromatic rings. The summed E-state index contributed by atoms with van der Waals surface area (Å²) in [5.74, 6) is 1.62. The van der Waals surface area contributed by atoms with Crippen LogP contribution in [0.25, 0.3) is 11.0 Å². The molecule has 0 amide bonds. The van der Waals surface area contributed by atoms with Crippen LogP contribution in [0.1, 0.15) is 18.7 Å². The number of fused-ring (bicyclic) bond motifs is 1.